The lowest BCUT2D eigenvalue weighted by molar-refractivity contribution is -0.225. The zero-order valence-electron chi connectivity index (χ0n) is 18.7. The van der Waals surface area contributed by atoms with Crippen LogP contribution in [0.2, 0.25) is 0 Å². The third-order valence-electron chi connectivity index (χ3n) is 4.71. The van der Waals surface area contributed by atoms with Gasteiger partial charge in [0.05, 0.1) is 26.4 Å². The van der Waals surface area contributed by atoms with Crippen LogP contribution >= 0.6 is 0 Å². The third kappa shape index (κ3) is 9.32. The van der Waals surface area contributed by atoms with Crippen LogP contribution in [0.25, 0.3) is 0 Å². The first-order valence-corrected chi connectivity index (χ1v) is 10.5. The van der Waals surface area contributed by atoms with Crippen molar-refractivity contribution in [3.8, 4) is 0 Å². The van der Waals surface area contributed by atoms with E-state index in [-0.39, 0.29) is 26.8 Å². The monoisotopic (exact) mass is 450 g/mol. The van der Waals surface area contributed by atoms with Gasteiger partial charge >= 0.3 is 0 Å². The van der Waals surface area contributed by atoms with E-state index in [1.165, 1.54) is 14.2 Å². The van der Waals surface area contributed by atoms with Gasteiger partial charge in [0.2, 0.25) is 0 Å². The maximum Gasteiger partial charge on any atom is 0.146 e. The molecule has 0 aliphatic carbocycles. The Bertz CT molecular complexity index is 700. The van der Waals surface area contributed by atoms with Gasteiger partial charge in [-0.1, -0.05) is 60.7 Å². The highest BCUT2D eigenvalue weighted by Crippen LogP contribution is 2.19. The van der Waals surface area contributed by atoms with Crippen molar-refractivity contribution in [1.29, 1.82) is 0 Å². The van der Waals surface area contributed by atoms with Gasteiger partial charge in [-0.05, 0) is 11.1 Å². The first-order chi connectivity index (χ1) is 15.7. The first-order valence-electron chi connectivity index (χ1n) is 10.5. The van der Waals surface area contributed by atoms with Gasteiger partial charge in [0, 0.05) is 14.2 Å². The van der Waals surface area contributed by atoms with Gasteiger partial charge in [-0.2, -0.15) is 0 Å². The second-order valence-corrected chi connectivity index (χ2v) is 7.16. The van der Waals surface area contributed by atoms with Gasteiger partial charge in [-0.15, -0.1) is 0 Å². The molecule has 2 aromatic rings. The predicted molar refractivity (Wildman–Crippen MR) is 118 cm³/mol. The number of rotatable bonds is 17. The molecular formula is C24H34O8. The summed E-state index contributed by atoms with van der Waals surface area (Å²) >= 11 is 0. The van der Waals surface area contributed by atoms with Crippen LogP contribution in [0.4, 0.5) is 0 Å². The van der Waals surface area contributed by atoms with Crippen molar-refractivity contribution in [2.75, 3.05) is 41.0 Å². The molecule has 0 saturated carbocycles. The van der Waals surface area contributed by atoms with Crippen LogP contribution in [-0.4, -0.2) is 75.6 Å². The van der Waals surface area contributed by atoms with E-state index >= 15 is 0 Å². The molecule has 8 nitrogen and oxygen atoms in total. The van der Waals surface area contributed by atoms with Gasteiger partial charge in [-0.25, -0.2) is 0 Å². The summed E-state index contributed by atoms with van der Waals surface area (Å²) < 4.78 is 33.7. The van der Waals surface area contributed by atoms with E-state index in [0.717, 1.165) is 11.1 Å². The van der Waals surface area contributed by atoms with Crippen LogP contribution in [0, 0.1) is 0 Å². The molecule has 0 bridgehead atoms. The van der Waals surface area contributed by atoms with Crippen LogP contribution in [0.1, 0.15) is 11.1 Å². The summed E-state index contributed by atoms with van der Waals surface area (Å²) in [4.78, 5) is 0. The lowest BCUT2D eigenvalue weighted by Gasteiger charge is -2.35. The molecule has 32 heavy (non-hydrogen) atoms. The lowest BCUT2D eigenvalue weighted by atomic mass is 10.0. The van der Waals surface area contributed by atoms with E-state index in [4.69, 9.17) is 28.4 Å². The van der Waals surface area contributed by atoms with Crippen LogP contribution in [0.3, 0.4) is 0 Å². The minimum Gasteiger partial charge on any atom is -0.394 e. The zero-order chi connectivity index (χ0) is 23.0. The highest BCUT2D eigenvalue weighted by molar-refractivity contribution is 5.14. The van der Waals surface area contributed by atoms with Gasteiger partial charge < -0.3 is 38.6 Å². The third-order valence-corrected chi connectivity index (χ3v) is 4.71. The second-order valence-electron chi connectivity index (χ2n) is 7.16. The number of methoxy groups -OCH3 is 2. The summed E-state index contributed by atoms with van der Waals surface area (Å²) in [6.45, 7) is 0.177. The summed E-state index contributed by atoms with van der Waals surface area (Å²) in [5, 5.41) is 20.2. The molecule has 0 unspecified atom stereocenters. The fourth-order valence-electron chi connectivity index (χ4n) is 3.12. The highest BCUT2D eigenvalue weighted by Gasteiger charge is 2.37. The molecular weight excluding hydrogens is 416 g/mol. The minimum atomic E-state index is -1.21. The molecule has 0 aliphatic rings. The molecule has 0 spiro atoms. The molecule has 2 aromatic carbocycles. The van der Waals surface area contributed by atoms with Crippen LogP contribution < -0.4 is 0 Å². The van der Waals surface area contributed by atoms with Gasteiger partial charge in [0.25, 0.3) is 0 Å². The smallest absolute Gasteiger partial charge is 0.146 e. The molecule has 0 saturated heterocycles. The summed E-state index contributed by atoms with van der Waals surface area (Å²) in [5.74, 6) is 0. The molecule has 2 rings (SSSR count). The Morgan fingerprint density at radius 3 is 1.84 bits per heavy atom. The molecule has 178 valence electrons. The molecule has 0 aromatic heterocycles. The lowest BCUT2D eigenvalue weighted by Crippen LogP contribution is -2.51. The molecule has 0 radical (unpaired) electrons. The number of hydrogen-bond donors (Lipinski definition) is 2. The van der Waals surface area contributed by atoms with Gasteiger partial charge in [0.1, 0.15) is 38.0 Å². The van der Waals surface area contributed by atoms with E-state index in [1.54, 1.807) is 0 Å². The molecule has 0 amide bonds. The molecule has 2 N–H and O–H groups in total. The van der Waals surface area contributed by atoms with E-state index in [2.05, 4.69) is 0 Å². The van der Waals surface area contributed by atoms with Crippen molar-refractivity contribution in [2.24, 2.45) is 0 Å². The minimum absolute atomic E-state index is 0.00711. The summed E-state index contributed by atoms with van der Waals surface area (Å²) in [6.07, 6.45) is -3.57. The molecule has 0 heterocycles. The number of aliphatic hydroxyl groups is 2. The first kappa shape index (κ1) is 26.4. The zero-order valence-corrected chi connectivity index (χ0v) is 18.7. The van der Waals surface area contributed by atoms with E-state index < -0.39 is 31.0 Å². The van der Waals surface area contributed by atoms with Gasteiger partial charge in [-0.3, -0.25) is 0 Å². The van der Waals surface area contributed by atoms with Crippen molar-refractivity contribution < 1.29 is 38.6 Å². The molecule has 4 atom stereocenters. The topological polar surface area (TPSA) is 95.8 Å². The number of ether oxygens (including phenoxy) is 6. The van der Waals surface area contributed by atoms with E-state index in [0.29, 0.717) is 6.61 Å². The van der Waals surface area contributed by atoms with Crippen molar-refractivity contribution in [3.63, 3.8) is 0 Å². The maximum atomic E-state index is 10.5. The highest BCUT2D eigenvalue weighted by atomic mass is 16.7. The second kappa shape index (κ2) is 15.8. The number of aliphatic hydroxyl groups excluding tert-OH is 2. The van der Waals surface area contributed by atoms with Crippen molar-refractivity contribution in [2.45, 2.75) is 37.6 Å². The fourth-order valence-corrected chi connectivity index (χ4v) is 3.12. The molecule has 0 aliphatic heterocycles. The summed E-state index contributed by atoms with van der Waals surface area (Å²) in [7, 11) is 3.01. The normalized spacial score (nSPS) is 15.2. The van der Waals surface area contributed by atoms with E-state index in [9.17, 15) is 10.2 Å². The average Bonchev–Trinajstić information content (AvgIpc) is 2.84. The Hall–Kier alpha value is -1.88. The predicted octanol–water partition coefficient (Wildman–Crippen LogP) is 2.12. The van der Waals surface area contributed by atoms with Crippen LogP contribution in [-0.2, 0) is 41.6 Å². The largest absolute Gasteiger partial charge is 0.394 e. The van der Waals surface area contributed by atoms with Crippen molar-refractivity contribution in [1.82, 2.24) is 0 Å². The Balaban J connectivity index is 2.14. The maximum absolute atomic E-state index is 10.5. The Morgan fingerprint density at radius 1 is 0.719 bits per heavy atom. The summed E-state index contributed by atoms with van der Waals surface area (Å²) in [5.41, 5.74) is 1.93. The Labute approximate surface area is 189 Å². The van der Waals surface area contributed by atoms with E-state index in [1.807, 2.05) is 60.7 Å². The molecule has 0 fully saturated rings. The van der Waals surface area contributed by atoms with Crippen LogP contribution in [0.5, 0.6) is 0 Å². The standard InChI is InChI=1S/C24H34O8/c1-27-17-31-22(16-29-14-19-9-5-3-6-10-19)24(32-18-28-2)23(21(26)13-25)30-15-20-11-7-4-8-12-20/h3-12,21-26H,13-18H2,1-2H3/t21-,22+,23-,24-/m1/s1. The SMILES string of the molecule is COCO[C@@H]([C@H](OCc1ccccc1)[C@H](O)CO)[C@H](COCc1ccccc1)OCOC. The average molecular weight is 451 g/mol. The Kier molecular flexibility index (Phi) is 13.1. The van der Waals surface area contributed by atoms with Crippen molar-refractivity contribution >= 4 is 0 Å². The quantitative estimate of drug-likeness (QED) is 0.354. The summed E-state index contributed by atoms with van der Waals surface area (Å²) in [6, 6.07) is 19.3. The Morgan fingerprint density at radius 2 is 1.28 bits per heavy atom. The fraction of sp³-hybridized carbons (Fsp3) is 0.500. The van der Waals surface area contributed by atoms with Crippen molar-refractivity contribution in [3.05, 3.63) is 71.8 Å². The number of hydrogen-bond acceptors (Lipinski definition) is 8. The van der Waals surface area contributed by atoms with Crippen LogP contribution in [0.15, 0.2) is 60.7 Å². The number of benzene rings is 2. The molecule has 8 heteroatoms. The van der Waals surface area contributed by atoms with Gasteiger partial charge in [0.15, 0.2) is 0 Å².